The highest BCUT2D eigenvalue weighted by atomic mass is 35.5. The number of imidazole rings is 1. The third-order valence-corrected chi connectivity index (χ3v) is 6.50. The topological polar surface area (TPSA) is 76.5 Å². The molecule has 0 aliphatic carbocycles. The first kappa shape index (κ1) is 21.2. The van der Waals surface area contributed by atoms with Crippen LogP contribution in [0.4, 0.5) is 4.39 Å². The molecule has 1 aliphatic heterocycles. The van der Waals surface area contributed by atoms with Crippen molar-refractivity contribution < 1.29 is 17.5 Å². The van der Waals surface area contributed by atoms with E-state index in [2.05, 4.69) is 9.71 Å². The molecule has 2 aromatic rings. The van der Waals surface area contributed by atoms with Gasteiger partial charge in [-0.1, -0.05) is 17.7 Å². The van der Waals surface area contributed by atoms with E-state index < -0.39 is 21.9 Å². The molecule has 2 unspecified atom stereocenters. The number of ether oxygens (including phenoxy) is 1. The smallest absolute Gasteiger partial charge is 0.259 e. The molecule has 10 heteroatoms. The lowest BCUT2D eigenvalue weighted by Gasteiger charge is -2.37. The Kier molecular flexibility index (Phi) is 6.41. The summed E-state index contributed by atoms with van der Waals surface area (Å²) in [5, 5.41) is 0.193. The number of nitrogens with zero attached hydrogens (tertiary/aromatic N) is 3. The normalized spacial score (nSPS) is 19.7. The van der Waals surface area contributed by atoms with Gasteiger partial charge in [-0.3, -0.25) is 4.90 Å². The molecular weight excluding hydrogens is 407 g/mol. The molecule has 154 valence electrons. The van der Waals surface area contributed by atoms with Crippen molar-refractivity contribution in [2.24, 2.45) is 7.05 Å². The number of aromatic nitrogens is 2. The lowest BCUT2D eigenvalue weighted by Crippen LogP contribution is -2.46. The van der Waals surface area contributed by atoms with Crippen LogP contribution in [0, 0.1) is 12.7 Å². The van der Waals surface area contributed by atoms with Gasteiger partial charge in [0.25, 0.3) is 10.0 Å². The molecule has 0 radical (unpaired) electrons. The molecule has 1 saturated heterocycles. The van der Waals surface area contributed by atoms with E-state index in [0.717, 1.165) is 0 Å². The van der Waals surface area contributed by atoms with Crippen LogP contribution in [0.15, 0.2) is 29.4 Å². The second-order valence-corrected chi connectivity index (χ2v) is 9.04. The molecule has 0 amide bonds. The number of benzene rings is 1. The van der Waals surface area contributed by atoms with Gasteiger partial charge in [0, 0.05) is 43.5 Å². The van der Waals surface area contributed by atoms with Crippen LogP contribution in [0.3, 0.4) is 0 Å². The van der Waals surface area contributed by atoms with Gasteiger partial charge in [0.2, 0.25) is 0 Å². The average Bonchev–Trinajstić information content (AvgIpc) is 2.97. The molecule has 0 saturated carbocycles. The highest BCUT2D eigenvalue weighted by Gasteiger charge is 2.31. The molecule has 1 aromatic heterocycles. The maximum absolute atomic E-state index is 14.6. The molecule has 3 rings (SSSR count). The molecule has 1 fully saturated rings. The SMILES string of the molecule is Cc1nc(S(=O)(=O)NCC(c2c(F)cccc2Cl)N2CCOC(C)C2)cn1C. The predicted molar refractivity (Wildman–Crippen MR) is 104 cm³/mol. The van der Waals surface area contributed by atoms with E-state index in [4.69, 9.17) is 16.3 Å². The molecule has 0 spiro atoms. The van der Waals surface area contributed by atoms with E-state index in [0.29, 0.717) is 25.5 Å². The number of hydrogen-bond acceptors (Lipinski definition) is 5. The van der Waals surface area contributed by atoms with Gasteiger partial charge in [0.1, 0.15) is 11.6 Å². The molecule has 2 atom stereocenters. The fourth-order valence-corrected chi connectivity index (χ4v) is 4.65. The molecular formula is C18H24ClFN4O3S. The number of nitrogens with one attached hydrogen (secondary N) is 1. The number of aryl methyl sites for hydroxylation is 2. The van der Waals surface area contributed by atoms with E-state index in [9.17, 15) is 12.8 Å². The number of rotatable bonds is 6. The molecule has 28 heavy (non-hydrogen) atoms. The summed E-state index contributed by atoms with van der Waals surface area (Å²) in [6.45, 7) is 5.17. The first-order valence-corrected chi connectivity index (χ1v) is 10.8. The van der Waals surface area contributed by atoms with Crippen LogP contribution in [0.25, 0.3) is 0 Å². The van der Waals surface area contributed by atoms with Crippen molar-refractivity contribution in [1.82, 2.24) is 19.2 Å². The van der Waals surface area contributed by atoms with Gasteiger partial charge in [-0.2, -0.15) is 0 Å². The van der Waals surface area contributed by atoms with E-state index in [1.165, 1.54) is 18.3 Å². The lowest BCUT2D eigenvalue weighted by molar-refractivity contribution is -0.0342. The van der Waals surface area contributed by atoms with Crippen LogP contribution in [0.5, 0.6) is 0 Å². The Morgan fingerprint density at radius 1 is 1.46 bits per heavy atom. The van der Waals surface area contributed by atoms with Gasteiger partial charge in [-0.25, -0.2) is 22.5 Å². The zero-order chi connectivity index (χ0) is 20.5. The third kappa shape index (κ3) is 4.55. The van der Waals surface area contributed by atoms with Crippen LogP contribution in [-0.4, -0.2) is 55.2 Å². The Labute approximate surface area is 169 Å². The monoisotopic (exact) mass is 430 g/mol. The van der Waals surface area contributed by atoms with Gasteiger partial charge >= 0.3 is 0 Å². The highest BCUT2D eigenvalue weighted by molar-refractivity contribution is 7.89. The van der Waals surface area contributed by atoms with Gasteiger partial charge in [0.15, 0.2) is 5.03 Å². The van der Waals surface area contributed by atoms with E-state index in [1.807, 2.05) is 11.8 Å². The summed E-state index contributed by atoms with van der Waals surface area (Å²) in [5.74, 6) is 0.112. The van der Waals surface area contributed by atoms with Gasteiger partial charge in [0.05, 0.1) is 18.8 Å². The number of halogens is 2. The summed E-state index contributed by atoms with van der Waals surface area (Å²) >= 11 is 6.28. The van der Waals surface area contributed by atoms with Gasteiger partial charge in [-0.05, 0) is 26.0 Å². The quantitative estimate of drug-likeness (QED) is 0.760. The first-order chi connectivity index (χ1) is 13.2. The second-order valence-electron chi connectivity index (χ2n) is 6.92. The summed E-state index contributed by atoms with van der Waals surface area (Å²) in [4.78, 5) is 6.06. The van der Waals surface area contributed by atoms with Crippen LogP contribution >= 0.6 is 11.6 Å². The number of morpholine rings is 1. The predicted octanol–water partition coefficient (Wildman–Crippen LogP) is 2.26. The van der Waals surface area contributed by atoms with Crippen LogP contribution in [0.1, 0.15) is 24.4 Å². The Morgan fingerprint density at radius 2 is 2.21 bits per heavy atom. The maximum atomic E-state index is 14.6. The Bertz CT molecular complexity index is 911. The summed E-state index contributed by atoms with van der Waals surface area (Å²) in [6.07, 6.45) is 1.40. The second kappa shape index (κ2) is 8.46. The van der Waals surface area contributed by atoms with E-state index in [1.54, 1.807) is 24.6 Å². The molecule has 7 nitrogen and oxygen atoms in total. The van der Waals surface area contributed by atoms with Crippen LogP contribution in [-0.2, 0) is 21.8 Å². The number of sulfonamides is 1. The third-order valence-electron chi connectivity index (χ3n) is 4.87. The molecule has 1 aliphatic rings. The van der Waals surface area contributed by atoms with Crippen LogP contribution < -0.4 is 4.72 Å². The van der Waals surface area contributed by atoms with E-state index >= 15 is 0 Å². The zero-order valence-corrected chi connectivity index (χ0v) is 17.6. The van der Waals surface area contributed by atoms with Crippen LogP contribution in [0.2, 0.25) is 5.02 Å². The summed E-state index contributed by atoms with van der Waals surface area (Å²) in [5.41, 5.74) is 0.276. The maximum Gasteiger partial charge on any atom is 0.259 e. The summed E-state index contributed by atoms with van der Waals surface area (Å²) in [6, 6.07) is 3.89. The Morgan fingerprint density at radius 3 is 2.82 bits per heavy atom. The highest BCUT2D eigenvalue weighted by Crippen LogP contribution is 2.31. The molecule has 1 aromatic carbocycles. The van der Waals surface area contributed by atoms with Crippen molar-refractivity contribution >= 4 is 21.6 Å². The minimum Gasteiger partial charge on any atom is -0.376 e. The lowest BCUT2D eigenvalue weighted by atomic mass is 10.0. The summed E-state index contributed by atoms with van der Waals surface area (Å²) < 4.78 is 49.8. The Hall–Kier alpha value is -1.52. The van der Waals surface area contributed by atoms with Crippen molar-refractivity contribution in [1.29, 1.82) is 0 Å². The fourth-order valence-electron chi connectivity index (χ4n) is 3.29. The van der Waals surface area contributed by atoms with Crippen molar-refractivity contribution in [2.75, 3.05) is 26.2 Å². The molecule has 0 bridgehead atoms. The minimum atomic E-state index is -3.85. The summed E-state index contributed by atoms with van der Waals surface area (Å²) in [7, 11) is -2.13. The minimum absolute atomic E-state index is 0.0364. The van der Waals surface area contributed by atoms with Gasteiger partial charge in [-0.15, -0.1) is 0 Å². The zero-order valence-electron chi connectivity index (χ0n) is 16.0. The van der Waals surface area contributed by atoms with E-state index in [-0.39, 0.29) is 28.3 Å². The average molecular weight is 431 g/mol. The largest absolute Gasteiger partial charge is 0.376 e. The Balaban J connectivity index is 1.89. The standard InChI is InChI=1S/C18H24ClFN4O3S/c1-12-10-24(7-8-27-12)16(18-14(19)5-4-6-15(18)20)9-21-28(25,26)17-11-23(3)13(2)22-17/h4-6,11-12,16,21H,7-10H2,1-3H3. The van der Waals surface area contributed by atoms with Crippen molar-refractivity contribution in [3.8, 4) is 0 Å². The first-order valence-electron chi connectivity index (χ1n) is 8.98. The van der Waals surface area contributed by atoms with Crippen molar-refractivity contribution in [3.63, 3.8) is 0 Å². The van der Waals surface area contributed by atoms with Gasteiger partial charge < -0.3 is 9.30 Å². The number of hydrogen-bond donors (Lipinski definition) is 1. The molecule has 1 N–H and O–H groups in total. The molecule has 2 heterocycles. The van der Waals surface area contributed by atoms with Crippen molar-refractivity contribution in [2.45, 2.75) is 31.0 Å². The van der Waals surface area contributed by atoms with Crippen molar-refractivity contribution in [3.05, 3.63) is 46.6 Å². The fraction of sp³-hybridized carbons (Fsp3) is 0.500.